The highest BCUT2D eigenvalue weighted by Gasteiger charge is 2.22. The van der Waals surface area contributed by atoms with Crippen molar-refractivity contribution in [3.05, 3.63) is 35.1 Å². The van der Waals surface area contributed by atoms with E-state index in [9.17, 15) is 9.18 Å². The first-order valence-corrected chi connectivity index (χ1v) is 5.94. The number of carbonyl (C=O) groups excluding carboxylic acids is 1. The molecule has 0 radical (unpaired) electrons. The van der Waals surface area contributed by atoms with Gasteiger partial charge in [-0.3, -0.25) is 4.79 Å². The summed E-state index contributed by atoms with van der Waals surface area (Å²) in [5, 5.41) is 11.6. The molecule has 1 aromatic carbocycles. The van der Waals surface area contributed by atoms with Gasteiger partial charge in [0.25, 0.3) is 0 Å². The van der Waals surface area contributed by atoms with Crippen LogP contribution in [-0.2, 0) is 22.7 Å². The fourth-order valence-electron chi connectivity index (χ4n) is 1.90. The third-order valence-corrected chi connectivity index (χ3v) is 3.06. The van der Waals surface area contributed by atoms with E-state index >= 15 is 0 Å². The smallest absolute Gasteiger partial charge is 0.225 e. The van der Waals surface area contributed by atoms with E-state index in [0.29, 0.717) is 18.8 Å². The van der Waals surface area contributed by atoms with E-state index in [1.807, 2.05) is 0 Å². The van der Waals surface area contributed by atoms with Gasteiger partial charge in [-0.05, 0) is 18.1 Å². The van der Waals surface area contributed by atoms with Crippen molar-refractivity contribution in [3.63, 3.8) is 0 Å². The molecule has 0 aliphatic carbocycles. The van der Waals surface area contributed by atoms with Crippen LogP contribution in [0.5, 0.6) is 0 Å². The minimum atomic E-state index is -0.451. The van der Waals surface area contributed by atoms with E-state index in [-0.39, 0.29) is 30.5 Å². The molecular weight excluding hydrogens is 237 g/mol. The average Bonchev–Trinajstić information content (AvgIpc) is 2.90. The predicted molar refractivity (Wildman–Crippen MR) is 63.1 cm³/mol. The molecule has 18 heavy (non-hydrogen) atoms. The van der Waals surface area contributed by atoms with Crippen LogP contribution in [0.1, 0.15) is 17.5 Å². The standard InChI is InChI=1S/C13H16FNO3/c14-12-5-9(1-2-10(12)7-16)6-15-13(17)11-3-4-18-8-11/h1-2,5,11,16H,3-4,6-8H2,(H,15,17). The molecule has 1 saturated heterocycles. The Kier molecular flexibility index (Phi) is 4.28. The number of carbonyl (C=O) groups is 1. The Morgan fingerprint density at radius 3 is 3.00 bits per heavy atom. The largest absolute Gasteiger partial charge is 0.392 e. The molecule has 1 amide bonds. The first kappa shape index (κ1) is 13.0. The number of nitrogens with one attached hydrogen (secondary N) is 1. The summed E-state index contributed by atoms with van der Waals surface area (Å²) < 4.78 is 18.5. The summed E-state index contributed by atoms with van der Waals surface area (Å²) in [5.41, 5.74) is 0.936. The van der Waals surface area contributed by atoms with Gasteiger partial charge >= 0.3 is 0 Å². The first-order valence-electron chi connectivity index (χ1n) is 5.94. The van der Waals surface area contributed by atoms with E-state index < -0.39 is 5.82 Å². The summed E-state index contributed by atoms with van der Waals surface area (Å²) in [6.07, 6.45) is 0.740. The molecule has 1 aromatic rings. The van der Waals surface area contributed by atoms with Gasteiger partial charge in [-0.2, -0.15) is 0 Å². The molecule has 0 saturated carbocycles. The van der Waals surface area contributed by atoms with Gasteiger partial charge in [0.1, 0.15) is 5.82 Å². The molecule has 5 heteroatoms. The summed E-state index contributed by atoms with van der Waals surface area (Å²) in [6.45, 7) is 1.05. The number of hydrogen-bond donors (Lipinski definition) is 2. The zero-order chi connectivity index (χ0) is 13.0. The zero-order valence-electron chi connectivity index (χ0n) is 9.99. The van der Waals surface area contributed by atoms with Crippen LogP contribution in [0.25, 0.3) is 0 Å². The Bertz CT molecular complexity index is 430. The minimum Gasteiger partial charge on any atom is -0.392 e. The Morgan fingerprint density at radius 2 is 2.39 bits per heavy atom. The Morgan fingerprint density at radius 1 is 1.56 bits per heavy atom. The van der Waals surface area contributed by atoms with Crippen LogP contribution < -0.4 is 5.32 Å². The molecule has 1 atom stereocenters. The summed E-state index contributed by atoms with van der Waals surface area (Å²) in [6, 6.07) is 4.55. The number of hydrogen-bond acceptors (Lipinski definition) is 3. The fourth-order valence-corrected chi connectivity index (χ4v) is 1.90. The Hall–Kier alpha value is -1.46. The van der Waals surface area contributed by atoms with Gasteiger partial charge in [0, 0.05) is 18.7 Å². The number of amides is 1. The van der Waals surface area contributed by atoms with Crippen molar-refractivity contribution in [1.82, 2.24) is 5.32 Å². The third kappa shape index (κ3) is 3.05. The molecule has 0 spiro atoms. The molecule has 4 nitrogen and oxygen atoms in total. The minimum absolute atomic E-state index is 0.0563. The van der Waals surface area contributed by atoms with Gasteiger partial charge in [0.15, 0.2) is 0 Å². The lowest BCUT2D eigenvalue weighted by Gasteiger charge is -2.10. The second-order valence-corrected chi connectivity index (χ2v) is 4.36. The lowest BCUT2D eigenvalue weighted by Crippen LogP contribution is -2.30. The number of aliphatic hydroxyl groups excluding tert-OH is 1. The van der Waals surface area contributed by atoms with E-state index in [1.165, 1.54) is 12.1 Å². The summed E-state index contributed by atoms with van der Waals surface area (Å²) in [5.74, 6) is -0.598. The molecule has 98 valence electrons. The molecule has 1 heterocycles. The van der Waals surface area contributed by atoms with Gasteiger partial charge in [0.05, 0.1) is 19.1 Å². The van der Waals surface area contributed by atoms with E-state index in [1.54, 1.807) is 6.07 Å². The lowest BCUT2D eigenvalue weighted by molar-refractivity contribution is -0.125. The highest BCUT2D eigenvalue weighted by atomic mass is 19.1. The SMILES string of the molecule is O=C(NCc1ccc(CO)c(F)c1)C1CCOC1. The van der Waals surface area contributed by atoms with E-state index in [4.69, 9.17) is 9.84 Å². The molecule has 1 unspecified atom stereocenters. The maximum Gasteiger partial charge on any atom is 0.225 e. The van der Waals surface area contributed by atoms with E-state index in [2.05, 4.69) is 5.32 Å². The van der Waals surface area contributed by atoms with Gasteiger partial charge in [-0.1, -0.05) is 12.1 Å². The highest BCUT2D eigenvalue weighted by Crippen LogP contribution is 2.13. The topological polar surface area (TPSA) is 58.6 Å². The molecule has 1 aliphatic heterocycles. The molecule has 0 bridgehead atoms. The van der Waals surface area contributed by atoms with Crippen molar-refractivity contribution in [2.75, 3.05) is 13.2 Å². The van der Waals surface area contributed by atoms with Crippen LogP contribution in [0.3, 0.4) is 0 Å². The zero-order valence-corrected chi connectivity index (χ0v) is 9.99. The summed E-state index contributed by atoms with van der Waals surface area (Å²) in [7, 11) is 0. The molecule has 1 aliphatic rings. The van der Waals surface area contributed by atoms with Crippen molar-refractivity contribution < 1.29 is 19.0 Å². The van der Waals surface area contributed by atoms with Crippen molar-refractivity contribution in [1.29, 1.82) is 0 Å². The lowest BCUT2D eigenvalue weighted by atomic mass is 10.1. The molecule has 1 fully saturated rings. The number of benzene rings is 1. The third-order valence-electron chi connectivity index (χ3n) is 3.06. The molecule has 2 rings (SSSR count). The average molecular weight is 253 g/mol. The number of aliphatic hydroxyl groups is 1. The first-order chi connectivity index (χ1) is 8.70. The quantitative estimate of drug-likeness (QED) is 0.840. The molecule has 2 N–H and O–H groups in total. The van der Waals surface area contributed by atoms with Crippen LogP contribution in [0.15, 0.2) is 18.2 Å². The second kappa shape index (κ2) is 5.93. The number of rotatable bonds is 4. The van der Waals surface area contributed by atoms with Crippen molar-refractivity contribution in [2.24, 2.45) is 5.92 Å². The maximum absolute atomic E-state index is 13.4. The van der Waals surface area contributed by atoms with E-state index in [0.717, 1.165) is 6.42 Å². The van der Waals surface area contributed by atoms with Gasteiger partial charge in [-0.25, -0.2) is 4.39 Å². The molecular formula is C13H16FNO3. The maximum atomic E-state index is 13.4. The fraction of sp³-hybridized carbons (Fsp3) is 0.462. The summed E-state index contributed by atoms with van der Waals surface area (Å²) >= 11 is 0. The van der Waals surface area contributed by atoms with Crippen molar-refractivity contribution >= 4 is 5.91 Å². The van der Waals surface area contributed by atoms with Crippen molar-refractivity contribution in [2.45, 2.75) is 19.6 Å². The van der Waals surface area contributed by atoms with Crippen LogP contribution >= 0.6 is 0 Å². The van der Waals surface area contributed by atoms with Crippen LogP contribution in [0.2, 0.25) is 0 Å². The Labute approximate surface area is 105 Å². The van der Waals surface area contributed by atoms with Crippen LogP contribution in [-0.4, -0.2) is 24.2 Å². The normalized spacial score (nSPS) is 18.9. The van der Waals surface area contributed by atoms with Crippen LogP contribution in [0, 0.1) is 11.7 Å². The predicted octanol–water partition coefficient (Wildman–Crippen LogP) is 0.971. The van der Waals surface area contributed by atoms with Crippen molar-refractivity contribution in [3.8, 4) is 0 Å². The number of halogens is 1. The highest BCUT2D eigenvalue weighted by molar-refractivity contribution is 5.78. The number of ether oxygens (including phenoxy) is 1. The van der Waals surface area contributed by atoms with Gasteiger partial charge in [-0.15, -0.1) is 0 Å². The molecule has 0 aromatic heterocycles. The Balaban J connectivity index is 1.89. The van der Waals surface area contributed by atoms with Crippen LogP contribution in [0.4, 0.5) is 4.39 Å². The van der Waals surface area contributed by atoms with Gasteiger partial charge < -0.3 is 15.2 Å². The summed E-state index contributed by atoms with van der Waals surface area (Å²) in [4.78, 5) is 11.7. The van der Waals surface area contributed by atoms with Gasteiger partial charge in [0.2, 0.25) is 5.91 Å². The monoisotopic (exact) mass is 253 g/mol. The second-order valence-electron chi connectivity index (χ2n) is 4.36.